The predicted molar refractivity (Wildman–Crippen MR) is 45.8 cm³/mol. The van der Waals surface area contributed by atoms with Gasteiger partial charge in [-0.2, -0.15) is 0 Å². The molecule has 0 aromatic carbocycles. The third-order valence-corrected chi connectivity index (χ3v) is 1.37. The minimum absolute atomic E-state index is 0.0423. The molecule has 0 spiro atoms. The average molecular weight is 173 g/mol. The number of esters is 1. The number of ether oxygens (including phenoxy) is 1. The summed E-state index contributed by atoms with van der Waals surface area (Å²) >= 11 is 0. The summed E-state index contributed by atoms with van der Waals surface area (Å²) in [5, 5.41) is 7.00. The van der Waals surface area contributed by atoms with Gasteiger partial charge in [-0.25, -0.2) is 0 Å². The Morgan fingerprint density at radius 2 is 2.25 bits per heavy atom. The molecule has 0 atom stereocenters. The fraction of sp³-hybridized carbons (Fsp3) is 0.714. The normalized spacial score (nSPS) is 9.17. The first kappa shape index (κ1) is 10.7. The van der Waals surface area contributed by atoms with E-state index in [4.69, 9.17) is 15.9 Å². The number of nitrogens with two attached hydrogens (primary N) is 1. The van der Waals surface area contributed by atoms with Crippen LogP contribution in [0.1, 0.15) is 13.3 Å². The molecule has 0 bridgehead atoms. The van der Waals surface area contributed by atoms with E-state index in [1.807, 2.05) is 0 Å². The number of nitrogens with one attached hydrogen (secondary N) is 1. The van der Waals surface area contributed by atoms with Gasteiger partial charge in [0.15, 0.2) is 5.96 Å². The van der Waals surface area contributed by atoms with E-state index < -0.39 is 0 Å². The van der Waals surface area contributed by atoms with Gasteiger partial charge in [-0.1, -0.05) is 0 Å². The number of carbonyl (C=O) groups excluding carboxylic acids is 1. The van der Waals surface area contributed by atoms with Crippen LogP contribution in [-0.2, 0) is 9.53 Å². The van der Waals surface area contributed by atoms with Crippen molar-refractivity contribution < 1.29 is 9.53 Å². The standard InChI is InChI=1S/C7H15N3O2/c1-3-12-6(11)4-5-10(2)7(8)9/h3-5H2,1-2H3,(H3,8,9). The molecule has 12 heavy (non-hydrogen) atoms. The number of nitrogens with zero attached hydrogens (tertiary/aromatic N) is 1. The van der Waals surface area contributed by atoms with Crippen molar-refractivity contribution in [2.45, 2.75) is 13.3 Å². The highest BCUT2D eigenvalue weighted by atomic mass is 16.5. The van der Waals surface area contributed by atoms with Crippen molar-refractivity contribution in [3.63, 3.8) is 0 Å². The van der Waals surface area contributed by atoms with Crippen molar-refractivity contribution in [2.75, 3.05) is 20.2 Å². The average Bonchev–Trinajstić information content (AvgIpc) is 2.00. The molecular weight excluding hydrogens is 158 g/mol. The summed E-state index contributed by atoms with van der Waals surface area (Å²) in [6.07, 6.45) is 0.268. The molecule has 0 saturated heterocycles. The maximum absolute atomic E-state index is 10.8. The summed E-state index contributed by atoms with van der Waals surface area (Å²) in [5.74, 6) is -0.301. The second-order valence-corrected chi connectivity index (χ2v) is 2.36. The molecule has 5 nitrogen and oxygen atoms in total. The van der Waals surface area contributed by atoms with Crippen LogP contribution in [0.4, 0.5) is 0 Å². The topological polar surface area (TPSA) is 79.4 Å². The van der Waals surface area contributed by atoms with Crippen molar-refractivity contribution in [3.8, 4) is 0 Å². The highest BCUT2D eigenvalue weighted by Gasteiger charge is 2.04. The second kappa shape index (κ2) is 5.40. The number of rotatable bonds is 4. The summed E-state index contributed by atoms with van der Waals surface area (Å²) in [7, 11) is 1.65. The van der Waals surface area contributed by atoms with Gasteiger partial charge in [0.25, 0.3) is 0 Å². The van der Waals surface area contributed by atoms with E-state index >= 15 is 0 Å². The lowest BCUT2D eigenvalue weighted by Crippen LogP contribution is -2.34. The monoisotopic (exact) mass is 173 g/mol. The van der Waals surface area contributed by atoms with Gasteiger partial charge < -0.3 is 15.4 Å². The number of guanidine groups is 1. The molecule has 0 radical (unpaired) electrons. The van der Waals surface area contributed by atoms with Gasteiger partial charge in [0.1, 0.15) is 0 Å². The third kappa shape index (κ3) is 4.54. The van der Waals surface area contributed by atoms with E-state index in [-0.39, 0.29) is 18.3 Å². The van der Waals surface area contributed by atoms with Crippen molar-refractivity contribution >= 4 is 11.9 Å². The predicted octanol–water partition coefficient (Wildman–Crippen LogP) is -0.235. The van der Waals surface area contributed by atoms with Gasteiger partial charge in [-0.3, -0.25) is 10.2 Å². The molecule has 70 valence electrons. The Hall–Kier alpha value is -1.26. The van der Waals surface area contributed by atoms with E-state index in [0.717, 1.165) is 0 Å². The van der Waals surface area contributed by atoms with Gasteiger partial charge in [-0.05, 0) is 6.92 Å². The Kier molecular flexibility index (Phi) is 4.83. The van der Waals surface area contributed by atoms with Crippen LogP contribution in [-0.4, -0.2) is 37.0 Å². The molecule has 0 rings (SSSR count). The molecule has 0 aromatic heterocycles. The Labute approximate surface area is 72.0 Å². The Morgan fingerprint density at radius 3 is 2.67 bits per heavy atom. The molecule has 0 unspecified atom stereocenters. The minimum Gasteiger partial charge on any atom is -0.466 e. The summed E-state index contributed by atoms with van der Waals surface area (Å²) in [6.45, 7) is 2.57. The first-order valence-electron chi connectivity index (χ1n) is 3.78. The number of hydrogen-bond donors (Lipinski definition) is 2. The summed E-state index contributed by atoms with van der Waals surface area (Å²) < 4.78 is 4.70. The van der Waals surface area contributed by atoms with Crippen molar-refractivity contribution in [3.05, 3.63) is 0 Å². The number of carbonyl (C=O) groups is 1. The zero-order chi connectivity index (χ0) is 9.56. The summed E-state index contributed by atoms with van der Waals surface area (Å²) in [4.78, 5) is 12.3. The van der Waals surface area contributed by atoms with Crippen LogP contribution in [0, 0.1) is 5.41 Å². The van der Waals surface area contributed by atoms with Crippen LogP contribution in [0.5, 0.6) is 0 Å². The van der Waals surface area contributed by atoms with Crippen LogP contribution >= 0.6 is 0 Å². The Bertz CT molecular complexity index is 170. The summed E-state index contributed by atoms with van der Waals surface area (Å²) in [6, 6.07) is 0. The zero-order valence-electron chi connectivity index (χ0n) is 7.46. The van der Waals surface area contributed by atoms with Crippen LogP contribution in [0.25, 0.3) is 0 Å². The molecule has 3 N–H and O–H groups in total. The SMILES string of the molecule is CCOC(=O)CCN(C)C(=N)N. The summed E-state index contributed by atoms with van der Waals surface area (Å²) in [5.41, 5.74) is 5.15. The molecule has 0 aliphatic heterocycles. The lowest BCUT2D eigenvalue weighted by atomic mass is 10.4. The second-order valence-electron chi connectivity index (χ2n) is 2.36. The van der Waals surface area contributed by atoms with Gasteiger partial charge in [0, 0.05) is 13.6 Å². The van der Waals surface area contributed by atoms with E-state index in [2.05, 4.69) is 0 Å². The highest BCUT2D eigenvalue weighted by molar-refractivity contribution is 5.75. The maximum Gasteiger partial charge on any atom is 0.307 e. The van der Waals surface area contributed by atoms with E-state index in [1.165, 1.54) is 4.90 Å². The van der Waals surface area contributed by atoms with Crippen LogP contribution in [0.2, 0.25) is 0 Å². The van der Waals surface area contributed by atoms with Crippen LogP contribution in [0.3, 0.4) is 0 Å². The lowest BCUT2D eigenvalue weighted by molar-refractivity contribution is -0.143. The zero-order valence-corrected chi connectivity index (χ0v) is 7.46. The first-order valence-corrected chi connectivity index (χ1v) is 3.78. The van der Waals surface area contributed by atoms with Crippen LogP contribution < -0.4 is 5.73 Å². The molecule has 0 aromatic rings. The molecule has 0 aliphatic rings. The van der Waals surface area contributed by atoms with Gasteiger partial charge in [0.2, 0.25) is 0 Å². The van der Waals surface area contributed by atoms with Crippen molar-refractivity contribution in [1.29, 1.82) is 5.41 Å². The Balaban J connectivity index is 3.54. The van der Waals surface area contributed by atoms with Gasteiger partial charge in [-0.15, -0.1) is 0 Å². The van der Waals surface area contributed by atoms with E-state index in [1.54, 1.807) is 14.0 Å². The van der Waals surface area contributed by atoms with E-state index in [9.17, 15) is 4.79 Å². The molecule has 5 heteroatoms. The largest absolute Gasteiger partial charge is 0.466 e. The molecule has 0 fully saturated rings. The highest BCUT2D eigenvalue weighted by Crippen LogP contribution is 1.89. The first-order chi connectivity index (χ1) is 5.57. The Morgan fingerprint density at radius 1 is 1.67 bits per heavy atom. The molecule has 0 aliphatic carbocycles. The molecule has 0 amide bonds. The molecule has 0 saturated carbocycles. The van der Waals surface area contributed by atoms with Gasteiger partial charge >= 0.3 is 5.97 Å². The smallest absolute Gasteiger partial charge is 0.307 e. The third-order valence-electron chi connectivity index (χ3n) is 1.37. The lowest BCUT2D eigenvalue weighted by Gasteiger charge is -2.15. The molecular formula is C7H15N3O2. The molecule has 0 heterocycles. The van der Waals surface area contributed by atoms with Crippen LogP contribution in [0.15, 0.2) is 0 Å². The number of hydrogen-bond acceptors (Lipinski definition) is 3. The van der Waals surface area contributed by atoms with E-state index in [0.29, 0.717) is 13.2 Å². The fourth-order valence-corrected chi connectivity index (χ4v) is 0.613. The quantitative estimate of drug-likeness (QED) is 0.349. The maximum atomic E-state index is 10.8. The van der Waals surface area contributed by atoms with Crippen molar-refractivity contribution in [2.24, 2.45) is 5.73 Å². The fourth-order valence-electron chi connectivity index (χ4n) is 0.613. The van der Waals surface area contributed by atoms with Gasteiger partial charge in [0.05, 0.1) is 13.0 Å². The van der Waals surface area contributed by atoms with Crippen molar-refractivity contribution in [1.82, 2.24) is 4.90 Å². The minimum atomic E-state index is -0.259.